The van der Waals surface area contributed by atoms with E-state index in [9.17, 15) is 0 Å². The summed E-state index contributed by atoms with van der Waals surface area (Å²) in [6.45, 7) is 10.1. The largest absolute Gasteiger partial charge is 0.375 e. The van der Waals surface area contributed by atoms with Gasteiger partial charge in [-0.05, 0) is 33.6 Å². The highest BCUT2D eigenvalue weighted by Crippen LogP contribution is 2.17. The van der Waals surface area contributed by atoms with Crippen molar-refractivity contribution < 1.29 is 4.74 Å². The molecule has 2 N–H and O–H groups in total. The van der Waals surface area contributed by atoms with Gasteiger partial charge < -0.3 is 15.4 Å². The maximum atomic E-state index is 5.59. The van der Waals surface area contributed by atoms with Crippen molar-refractivity contribution in [1.82, 2.24) is 10.6 Å². The minimum atomic E-state index is -0.00601. The molecule has 0 aromatic heterocycles. The zero-order valence-corrected chi connectivity index (χ0v) is 9.73. The fourth-order valence-corrected chi connectivity index (χ4v) is 1.21. The molecule has 0 heterocycles. The van der Waals surface area contributed by atoms with Crippen molar-refractivity contribution >= 4 is 0 Å². The highest BCUT2D eigenvalue weighted by Gasteiger charge is 2.19. The summed E-state index contributed by atoms with van der Waals surface area (Å²) >= 11 is 0. The van der Waals surface area contributed by atoms with Crippen LogP contribution >= 0.6 is 0 Å². The minimum absolute atomic E-state index is 0.00601. The maximum Gasteiger partial charge on any atom is 0.0599 e. The average molecular weight is 200 g/mol. The molecule has 0 amide bonds. The summed E-state index contributed by atoms with van der Waals surface area (Å²) < 4.78 is 5.59. The zero-order valence-electron chi connectivity index (χ0n) is 9.73. The summed E-state index contributed by atoms with van der Waals surface area (Å²) in [5.74, 6) is 0. The molecular weight excluding hydrogens is 176 g/mol. The highest BCUT2D eigenvalue weighted by atomic mass is 16.5. The Morgan fingerprint density at radius 1 is 1.14 bits per heavy atom. The van der Waals surface area contributed by atoms with Crippen LogP contribution in [-0.2, 0) is 4.74 Å². The van der Waals surface area contributed by atoms with Gasteiger partial charge in [-0.1, -0.05) is 0 Å². The molecule has 1 rings (SSSR count). The molecule has 0 aromatic rings. The lowest BCUT2D eigenvalue weighted by atomic mass is 10.2. The summed E-state index contributed by atoms with van der Waals surface area (Å²) in [7, 11) is 0. The predicted molar refractivity (Wildman–Crippen MR) is 59.6 cm³/mol. The molecule has 0 bridgehead atoms. The lowest BCUT2D eigenvalue weighted by Gasteiger charge is -2.19. The summed E-state index contributed by atoms with van der Waals surface area (Å²) in [4.78, 5) is 0. The second-order valence-corrected chi connectivity index (χ2v) is 4.94. The Morgan fingerprint density at radius 2 is 1.86 bits per heavy atom. The topological polar surface area (TPSA) is 33.3 Å². The first kappa shape index (κ1) is 12.0. The summed E-state index contributed by atoms with van der Waals surface area (Å²) in [5.41, 5.74) is -0.00601. The van der Waals surface area contributed by atoms with Crippen molar-refractivity contribution in [2.45, 2.75) is 45.3 Å². The molecular formula is C11H24N2O. The van der Waals surface area contributed by atoms with E-state index in [1.807, 2.05) is 0 Å². The van der Waals surface area contributed by atoms with Crippen molar-refractivity contribution in [2.24, 2.45) is 0 Å². The fourth-order valence-electron chi connectivity index (χ4n) is 1.21. The lowest BCUT2D eigenvalue weighted by Crippen LogP contribution is -2.32. The Morgan fingerprint density at radius 3 is 2.43 bits per heavy atom. The lowest BCUT2D eigenvalue weighted by molar-refractivity contribution is -0.000702. The number of ether oxygens (including phenoxy) is 1. The Bertz CT molecular complexity index is 150. The van der Waals surface area contributed by atoms with Gasteiger partial charge in [0, 0.05) is 25.7 Å². The van der Waals surface area contributed by atoms with E-state index in [0.29, 0.717) is 0 Å². The van der Waals surface area contributed by atoms with Crippen LogP contribution in [0.1, 0.15) is 33.6 Å². The molecule has 0 saturated heterocycles. The smallest absolute Gasteiger partial charge is 0.0599 e. The second-order valence-electron chi connectivity index (χ2n) is 4.94. The van der Waals surface area contributed by atoms with E-state index in [1.54, 1.807) is 0 Å². The van der Waals surface area contributed by atoms with Gasteiger partial charge in [0.2, 0.25) is 0 Å². The molecule has 1 aliphatic rings. The Labute approximate surface area is 87.6 Å². The average Bonchev–Trinajstić information content (AvgIpc) is 2.84. The van der Waals surface area contributed by atoms with Crippen LogP contribution in [-0.4, -0.2) is 37.9 Å². The van der Waals surface area contributed by atoms with Crippen molar-refractivity contribution in [3.8, 4) is 0 Å². The SMILES string of the molecule is CC(C)(C)OCCNCCNC1CC1. The number of nitrogens with one attached hydrogen (secondary N) is 2. The van der Waals surface area contributed by atoms with Crippen LogP contribution < -0.4 is 10.6 Å². The van der Waals surface area contributed by atoms with E-state index in [1.165, 1.54) is 12.8 Å². The zero-order chi connectivity index (χ0) is 10.4. The first-order valence-electron chi connectivity index (χ1n) is 5.66. The van der Waals surface area contributed by atoms with Gasteiger partial charge in [-0.3, -0.25) is 0 Å². The third-order valence-electron chi connectivity index (χ3n) is 2.13. The quantitative estimate of drug-likeness (QED) is 0.605. The van der Waals surface area contributed by atoms with Crippen LogP contribution in [0.2, 0.25) is 0 Å². The molecule has 0 radical (unpaired) electrons. The first-order chi connectivity index (χ1) is 6.58. The monoisotopic (exact) mass is 200 g/mol. The third kappa shape index (κ3) is 7.30. The predicted octanol–water partition coefficient (Wildman–Crippen LogP) is 1.14. The summed E-state index contributed by atoms with van der Waals surface area (Å²) in [5, 5.41) is 6.81. The van der Waals surface area contributed by atoms with Crippen molar-refractivity contribution in [3.63, 3.8) is 0 Å². The number of hydrogen-bond donors (Lipinski definition) is 2. The van der Waals surface area contributed by atoms with E-state index in [-0.39, 0.29) is 5.60 Å². The van der Waals surface area contributed by atoms with Crippen LogP contribution in [0, 0.1) is 0 Å². The van der Waals surface area contributed by atoms with Crippen LogP contribution in [0.5, 0.6) is 0 Å². The summed E-state index contributed by atoms with van der Waals surface area (Å²) in [6, 6.07) is 0.822. The number of hydrogen-bond acceptors (Lipinski definition) is 3. The van der Waals surface area contributed by atoms with Gasteiger partial charge in [0.25, 0.3) is 0 Å². The van der Waals surface area contributed by atoms with Gasteiger partial charge >= 0.3 is 0 Å². The second kappa shape index (κ2) is 5.69. The van der Waals surface area contributed by atoms with Gasteiger partial charge in [0.05, 0.1) is 12.2 Å². The molecule has 3 nitrogen and oxygen atoms in total. The van der Waals surface area contributed by atoms with Crippen LogP contribution in [0.25, 0.3) is 0 Å². The van der Waals surface area contributed by atoms with Gasteiger partial charge in [-0.25, -0.2) is 0 Å². The minimum Gasteiger partial charge on any atom is -0.375 e. The molecule has 0 aliphatic heterocycles. The normalized spacial score (nSPS) is 17.4. The first-order valence-corrected chi connectivity index (χ1v) is 5.66. The molecule has 1 aliphatic carbocycles. The van der Waals surface area contributed by atoms with E-state index in [0.717, 1.165) is 32.3 Å². The van der Waals surface area contributed by atoms with E-state index >= 15 is 0 Å². The Kier molecular flexibility index (Phi) is 4.85. The Hall–Kier alpha value is -0.120. The Balaban J connectivity index is 1.75. The molecule has 84 valence electrons. The van der Waals surface area contributed by atoms with Crippen LogP contribution in [0.15, 0.2) is 0 Å². The molecule has 1 saturated carbocycles. The van der Waals surface area contributed by atoms with Crippen molar-refractivity contribution in [1.29, 1.82) is 0 Å². The van der Waals surface area contributed by atoms with Gasteiger partial charge in [0.15, 0.2) is 0 Å². The summed E-state index contributed by atoms with van der Waals surface area (Å²) in [6.07, 6.45) is 2.74. The molecule has 0 unspecified atom stereocenters. The molecule has 0 aromatic carbocycles. The fraction of sp³-hybridized carbons (Fsp3) is 1.00. The molecule has 1 fully saturated rings. The molecule has 0 spiro atoms. The van der Waals surface area contributed by atoms with Crippen LogP contribution in [0.4, 0.5) is 0 Å². The highest BCUT2D eigenvalue weighted by molar-refractivity contribution is 4.80. The number of rotatable bonds is 7. The van der Waals surface area contributed by atoms with E-state index in [2.05, 4.69) is 31.4 Å². The van der Waals surface area contributed by atoms with Gasteiger partial charge in [-0.2, -0.15) is 0 Å². The van der Waals surface area contributed by atoms with E-state index < -0.39 is 0 Å². The molecule has 3 heteroatoms. The van der Waals surface area contributed by atoms with Crippen molar-refractivity contribution in [2.75, 3.05) is 26.2 Å². The molecule has 14 heavy (non-hydrogen) atoms. The maximum absolute atomic E-state index is 5.59. The third-order valence-corrected chi connectivity index (χ3v) is 2.13. The molecule has 0 atom stereocenters. The van der Waals surface area contributed by atoms with E-state index in [4.69, 9.17) is 4.74 Å². The van der Waals surface area contributed by atoms with Crippen molar-refractivity contribution in [3.05, 3.63) is 0 Å². The van der Waals surface area contributed by atoms with Gasteiger partial charge in [0.1, 0.15) is 0 Å². The van der Waals surface area contributed by atoms with Gasteiger partial charge in [-0.15, -0.1) is 0 Å². The standard InChI is InChI=1S/C11H24N2O/c1-11(2,3)14-9-8-12-6-7-13-10-4-5-10/h10,12-13H,4-9H2,1-3H3. The van der Waals surface area contributed by atoms with Crippen LogP contribution in [0.3, 0.4) is 0 Å².